The van der Waals surface area contributed by atoms with E-state index in [0.717, 1.165) is 60.3 Å². The summed E-state index contributed by atoms with van der Waals surface area (Å²) in [5.41, 5.74) is 10.5. The van der Waals surface area contributed by atoms with E-state index in [1.165, 1.54) is 12.8 Å². The van der Waals surface area contributed by atoms with Crippen LogP contribution in [0.3, 0.4) is 0 Å². The highest BCUT2D eigenvalue weighted by molar-refractivity contribution is 5.94. The number of aromatic carboxylic acids is 1. The molecule has 2 heterocycles. The lowest BCUT2D eigenvalue weighted by molar-refractivity contribution is 0.0694. The molecule has 2 aromatic heterocycles. The Morgan fingerprint density at radius 2 is 2.11 bits per heavy atom. The molecule has 0 spiro atoms. The number of carboxylic acid groups (broad SMARTS) is 1. The molecule has 3 aliphatic rings. The van der Waals surface area contributed by atoms with Gasteiger partial charge in [0, 0.05) is 23.9 Å². The van der Waals surface area contributed by atoms with Gasteiger partial charge in [-0.15, -0.1) is 0 Å². The van der Waals surface area contributed by atoms with Gasteiger partial charge in [0.15, 0.2) is 0 Å². The molecule has 142 valence electrons. The van der Waals surface area contributed by atoms with Crippen LogP contribution in [-0.2, 0) is 19.3 Å². The number of fused-ring (bicyclic) bond motifs is 3. The molecule has 0 saturated heterocycles. The minimum atomic E-state index is -0.897. The Labute approximate surface area is 157 Å². The maximum Gasteiger partial charge on any atom is 0.337 e. The van der Waals surface area contributed by atoms with Crippen LogP contribution in [0.5, 0.6) is 6.01 Å². The van der Waals surface area contributed by atoms with Crippen molar-refractivity contribution < 1.29 is 14.6 Å². The Bertz CT molecular complexity index is 910. The molecule has 2 aromatic rings. The quantitative estimate of drug-likeness (QED) is 0.747. The topological polar surface area (TPSA) is 114 Å². The molecule has 3 aliphatic carbocycles. The molecule has 0 atom stereocenters. The summed E-state index contributed by atoms with van der Waals surface area (Å²) >= 11 is 0. The number of rotatable bonds is 5. The van der Waals surface area contributed by atoms with Crippen LogP contribution in [0.2, 0.25) is 0 Å². The largest absolute Gasteiger partial charge is 0.478 e. The summed E-state index contributed by atoms with van der Waals surface area (Å²) < 4.78 is 5.96. The first-order valence-electron chi connectivity index (χ1n) is 9.81. The summed E-state index contributed by atoms with van der Waals surface area (Å²) in [6.07, 6.45) is 10.3. The second-order valence-electron chi connectivity index (χ2n) is 8.23. The average Bonchev–Trinajstić information content (AvgIpc) is 3.04. The predicted octanol–water partition coefficient (Wildman–Crippen LogP) is 2.62. The van der Waals surface area contributed by atoms with Gasteiger partial charge in [0.2, 0.25) is 0 Å². The molecular weight excluding hydrogens is 344 g/mol. The van der Waals surface area contributed by atoms with Gasteiger partial charge in [0.05, 0.1) is 17.0 Å². The normalized spacial score (nSPS) is 20.2. The molecule has 0 amide bonds. The zero-order chi connectivity index (χ0) is 18.6. The van der Waals surface area contributed by atoms with Gasteiger partial charge < -0.3 is 20.6 Å². The van der Waals surface area contributed by atoms with Gasteiger partial charge in [0.1, 0.15) is 6.10 Å². The zero-order valence-corrected chi connectivity index (χ0v) is 15.3. The fourth-order valence-corrected chi connectivity index (χ4v) is 4.39. The van der Waals surface area contributed by atoms with Crippen LogP contribution in [0.15, 0.2) is 6.20 Å². The van der Waals surface area contributed by atoms with Crippen LogP contribution >= 0.6 is 0 Å². The highest BCUT2D eigenvalue weighted by Gasteiger charge is 2.41. The monoisotopic (exact) mass is 368 g/mol. The highest BCUT2D eigenvalue weighted by Crippen LogP contribution is 2.40. The van der Waals surface area contributed by atoms with Crippen molar-refractivity contribution >= 4 is 5.97 Å². The highest BCUT2D eigenvalue weighted by atomic mass is 16.5. The van der Waals surface area contributed by atoms with E-state index in [-0.39, 0.29) is 11.6 Å². The van der Waals surface area contributed by atoms with E-state index in [9.17, 15) is 9.90 Å². The van der Waals surface area contributed by atoms with E-state index >= 15 is 0 Å². The molecule has 7 heteroatoms. The molecular formula is C20H24N4O3. The first kappa shape index (κ1) is 16.7. The van der Waals surface area contributed by atoms with Gasteiger partial charge in [-0.3, -0.25) is 0 Å². The molecule has 0 aromatic carbocycles. The summed E-state index contributed by atoms with van der Waals surface area (Å²) in [6, 6.07) is 0.388. The number of carboxylic acids is 1. The lowest BCUT2D eigenvalue weighted by Gasteiger charge is -2.17. The SMILES string of the molecule is NC1(Cc2[nH]c3c(c2C(=O)O)CCc2cnc(OC4CCCC4)nc2-3)CC1. The number of hydrogen-bond acceptors (Lipinski definition) is 5. The maximum absolute atomic E-state index is 12.0. The molecule has 0 aliphatic heterocycles. The molecule has 0 unspecified atom stereocenters. The van der Waals surface area contributed by atoms with Crippen LogP contribution in [0.1, 0.15) is 65.7 Å². The molecule has 7 nitrogen and oxygen atoms in total. The molecule has 5 rings (SSSR count). The molecule has 0 radical (unpaired) electrons. The van der Waals surface area contributed by atoms with Crippen LogP contribution in [0, 0.1) is 0 Å². The number of aryl methyl sites for hydroxylation is 1. The summed E-state index contributed by atoms with van der Waals surface area (Å²) in [6.45, 7) is 0. The van der Waals surface area contributed by atoms with Crippen molar-refractivity contribution in [3.63, 3.8) is 0 Å². The summed E-state index contributed by atoms with van der Waals surface area (Å²) in [5.74, 6) is -0.897. The zero-order valence-electron chi connectivity index (χ0n) is 15.3. The third kappa shape index (κ3) is 3.00. The third-order valence-corrected chi connectivity index (χ3v) is 6.11. The molecule has 2 saturated carbocycles. The van der Waals surface area contributed by atoms with Gasteiger partial charge >= 0.3 is 12.0 Å². The minimum absolute atomic E-state index is 0.187. The maximum atomic E-state index is 12.0. The Morgan fingerprint density at radius 3 is 2.81 bits per heavy atom. The standard InChI is InChI=1S/C20H24N4O3/c21-20(7-8-20)9-14-15(18(25)26)13-6-5-11-10-22-19(24-16(11)17(13)23-14)27-12-3-1-2-4-12/h10,12,23H,1-9,21H2,(H,25,26). The fraction of sp³-hybridized carbons (Fsp3) is 0.550. The number of carbonyl (C=O) groups is 1. The van der Waals surface area contributed by atoms with E-state index in [4.69, 9.17) is 10.5 Å². The minimum Gasteiger partial charge on any atom is -0.478 e. The predicted molar refractivity (Wildman–Crippen MR) is 98.9 cm³/mol. The third-order valence-electron chi connectivity index (χ3n) is 6.11. The van der Waals surface area contributed by atoms with Crippen LogP contribution < -0.4 is 10.5 Å². The van der Waals surface area contributed by atoms with Gasteiger partial charge in [0.25, 0.3) is 0 Å². The lowest BCUT2D eigenvalue weighted by atomic mass is 9.92. The number of nitrogens with zero attached hydrogens (tertiary/aromatic N) is 2. The van der Waals surface area contributed by atoms with Crippen LogP contribution in [0.4, 0.5) is 0 Å². The average molecular weight is 368 g/mol. The van der Waals surface area contributed by atoms with Crippen molar-refractivity contribution in [2.24, 2.45) is 5.73 Å². The van der Waals surface area contributed by atoms with E-state index in [1.807, 2.05) is 6.20 Å². The van der Waals surface area contributed by atoms with E-state index in [0.29, 0.717) is 24.4 Å². The van der Waals surface area contributed by atoms with Crippen molar-refractivity contribution in [2.45, 2.75) is 69.4 Å². The van der Waals surface area contributed by atoms with Crippen molar-refractivity contribution in [2.75, 3.05) is 0 Å². The first-order valence-corrected chi connectivity index (χ1v) is 9.81. The first-order chi connectivity index (χ1) is 13.0. The molecule has 0 bridgehead atoms. The van der Waals surface area contributed by atoms with Crippen molar-refractivity contribution in [3.8, 4) is 17.4 Å². The van der Waals surface area contributed by atoms with Crippen molar-refractivity contribution in [3.05, 3.63) is 28.6 Å². The number of aromatic nitrogens is 3. The molecule has 27 heavy (non-hydrogen) atoms. The van der Waals surface area contributed by atoms with E-state index < -0.39 is 5.97 Å². The Morgan fingerprint density at radius 1 is 1.33 bits per heavy atom. The fourth-order valence-electron chi connectivity index (χ4n) is 4.39. The van der Waals surface area contributed by atoms with Gasteiger partial charge in [-0.2, -0.15) is 4.98 Å². The lowest BCUT2D eigenvalue weighted by Crippen LogP contribution is -2.25. The Hall–Kier alpha value is -2.41. The van der Waals surface area contributed by atoms with E-state index in [1.54, 1.807) is 0 Å². The summed E-state index contributed by atoms with van der Waals surface area (Å²) in [7, 11) is 0. The molecule has 4 N–H and O–H groups in total. The van der Waals surface area contributed by atoms with Gasteiger partial charge in [-0.05, 0) is 62.5 Å². The molecule has 2 fully saturated rings. The van der Waals surface area contributed by atoms with Crippen molar-refractivity contribution in [1.82, 2.24) is 15.0 Å². The summed E-state index contributed by atoms with van der Waals surface area (Å²) in [4.78, 5) is 24.3. The number of aromatic amines is 1. The van der Waals surface area contributed by atoms with Gasteiger partial charge in [-0.1, -0.05) is 0 Å². The Balaban J connectivity index is 1.54. The number of hydrogen-bond donors (Lipinski definition) is 3. The second kappa shape index (κ2) is 6.05. The van der Waals surface area contributed by atoms with Crippen molar-refractivity contribution in [1.29, 1.82) is 0 Å². The number of nitrogens with two attached hydrogens (primary N) is 1. The number of nitrogens with one attached hydrogen (secondary N) is 1. The second-order valence-corrected chi connectivity index (χ2v) is 8.23. The van der Waals surface area contributed by atoms with Crippen LogP contribution in [-0.4, -0.2) is 37.7 Å². The smallest absolute Gasteiger partial charge is 0.337 e. The summed E-state index contributed by atoms with van der Waals surface area (Å²) in [5, 5.41) is 9.80. The number of H-pyrrole nitrogens is 1. The van der Waals surface area contributed by atoms with Gasteiger partial charge in [-0.25, -0.2) is 9.78 Å². The van der Waals surface area contributed by atoms with E-state index in [2.05, 4.69) is 15.0 Å². The van der Waals surface area contributed by atoms with Crippen LogP contribution in [0.25, 0.3) is 11.4 Å². The number of ether oxygens (including phenoxy) is 1. The Kier molecular flexibility index (Phi) is 3.75.